The molecule has 1 heterocycles. The molecule has 94 valence electrons. The van der Waals surface area contributed by atoms with Gasteiger partial charge in [-0.2, -0.15) is 0 Å². The van der Waals surface area contributed by atoms with Gasteiger partial charge in [0, 0.05) is 16.4 Å². The van der Waals surface area contributed by atoms with E-state index in [0.29, 0.717) is 18.0 Å². The van der Waals surface area contributed by atoms with Crippen LogP contribution < -0.4 is 5.32 Å². The Hall–Kier alpha value is -0.840. The molecule has 0 radical (unpaired) electrons. The van der Waals surface area contributed by atoms with E-state index in [1.165, 1.54) is 0 Å². The number of amides is 1. The maximum absolute atomic E-state index is 11.7. The molecule has 0 aliphatic heterocycles. The number of benzene rings is 1. The zero-order valence-corrected chi connectivity index (χ0v) is 12.6. The second-order valence-electron chi connectivity index (χ2n) is 3.75. The summed E-state index contributed by atoms with van der Waals surface area (Å²) in [5, 5.41) is 3.54. The molecular weight excluding hydrogens is 334 g/mol. The highest BCUT2D eigenvalue weighted by Gasteiger charge is 2.06. The van der Waals surface area contributed by atoms with Gasteiger partial charge in [-0.15, -0.1) is 11.3 Å². The second kappa shape index (κ2) is 6.36. The Balaban J connectivity index is 1.87. The quantitative estimate of drug-likeness (QED) is 0.891. The molecule has 2 aromatic rings. The summed E-state index contributed by atoms with van der Waals surface area (Å²) in [6.45, 7) is 0.463. The van der Waals surface area contributed by atoms with Crippen molar-refractivity contribution in [2.45, 2.75) is 13.0 Å². The lowest BCUT2D eigenvalue weighted by atomic mass is 10.2. The Morgan fingerprint density at radius 1 is 1.28 bits per heavy atom. The SMILES string of the molecule is O=C(Cc1ccc(Br)s1)NCc1ccccc1Cl. The lowest BCUT2D eigenvalue weighted by molar-refractivity contribution is -0.120. The smallest absolute Gasteiger partial charge is 0.225 e. The Morgan fingerprint density at radius 3 is 2.72 bits per heavy atom. The monoisotopic (exact) mass is 343 g/mol. The molecule has 0 atom stereocenters. The molecule has 1 aromatic carbocycles. The van der Waals surface area contributed by atoms with E-state index in [1.807, 2.05) is 36.4 Å². The third kappa shape index (κ3) is 3.83. The van der Waals surface area contributed by atoms with Gasteiger partial charge in [-0.3, -0.25) is 4.79 Å². The number of rotatable bonds is 4. The summed E-state index contributed by atoms with van der Waals surface area (Å²) >= 11 is 11.0. The number of carbonyl (C=O) groups is 1. The van der Waals surface area contributed by atoms with E-state index in [0.717, 1.165) is 14.2 Å². The van der Waals surface area contributed by atoms with E-state index in [9.17, 15) is 4.79 Å². The van der Waals surface area contributed by atoms with Crippen molar-refractivity contribution >= 4 is 44.8 Å². The lowest BCUT2D eigenvalue weighted by Gasteiger charge is -2.06. The first kappa shape index (κ1) is 13.6. The Morgan fingerprint density at radius 2 is 2.06 bits per heavy atom. The highest BCUT2D eigenvalue weighted by atomic mass is 79.9. The van der Waals surface area contributed by atoms with Crippen molar-refractivity contribution in [3.8, 4) is 0 Å². The standard InChI is InChI=1S/C13H11BrClNOS/c14-12-6-5-10(18-12)7-13(17)16-8-9-3-1-2-4-11(9)15/h1-6H,7-8H2,(H,16,17). The molecule has 0 spiro atoms. The molecule has 0 aliphatic rings. The number of hydrogen-bond donors (Lipinski definition) is 1. The van der Waals surface area contributed by atoms with Gasteiger partial charge in [-0.05, 0) is 39.7 Å². The van der Waals surface area contributed by atoms with Crippen LogP contribution in [0.5, 0.6) is 0 Å². The van der Waals surface area contributed by atoms with Crippen molar-refractivity contribution in [1.29, 1.82) is 0 Å². The first-order valence-corrected chi connectivity index (χ1v) is 7.38. The third-order valence-electron chi connectivity index (χ3n) is 2.40. The first-order valence-electron chi connectivity index (χ1n) is 5.39. The van der Waals surface area contributed by atoms with Gasteiger partial charge in [0.1, 0.15) is 0 Å². The normalized spacial score (nSPS) is 10.3. The summed E-state index contributed by atoms with van der Waals surface area (Å²) in [5.41, 5.74) is 0.930. The van der Waals surface area contributed by atoms with Gasteiger partial charge in [0.2, 0.25) is 5.91 Å². The average Bonchev–Trinajstić information content (AvgIpc) is 2.74. The van der Waals surface area contributed by atoms with Gasteiger partial charge in [0.15, 0.2) is 0 Å². The molecule has 1 aromatic heterocycles. The Bertz CT molecular complexity index is 555. The molecule has 0 aliphatic carbocycles. The number of thiophene rings is 1. The van der Waals surface area contributed by atoms with Gasteiger partial charge >= 0.3 is 0 Å². The molecule has 2 nitrogen and oxygen atoms in total. The number of halogens is 2. The van der Waals surface area contributed by atoms with Crippen LogP contribution in [0.3, 0.4) is 0 Å². The van der Waals surface area contributed by atoms with Crippen molar-refractivity contribution in [2.24, 2.45) is 0 Å². The fraction of sp³-hybridized carbons (Fsp3) is 0.154. The highest BCUT2D eigenvalue weighted by molar-refractivity contribution is 9.11. The van der Waals surface area contributed by atoms with E-state index >= 15 is 0 Å². The van der Waals surface area contributed by atoms with Gasteiger partial charge in [0.25, 0.3) is 0 Å². The zero-order chi connectivity index (χ0) is 13.0. The maximum Gasteiger partial charge on any atom is 0.225 e. The molecule has 0 fully saturated rings. The van der Waals surface area contributed by atoms with E-state index in [2.05, 4.69) is 21.2 Å². The third-order valence-corrected chi connectivity index (χ3v) is 4.39. The van der Waals surface area contributed by atoms with Gasteiger partial charge in [-0.1, -0.05) is 29.8 Å². The number of nitrogens with one attached hydrogen (secondary N) is 1. The summed E-state index contributed by atoms with van der Waals surface area (Å²) in [7, 11) is 0. The van der Waals surface area contributed by atoms with Crippen molar-refractivity contribution in [3.63, 3.8) is 0 Å². The minimum absolute atomic E-state index is 0.00395. The van der Waals surface area contributed by atoms with Crippen LogP contribution in [0.4, 0.5) is 0 Å². The van der Waals surface area contributed by atoms with Crippen LogP contribution in [-0.2, 0) is 17.8 Å². The van der Waals surface area contributed by atoms with Gasteiger partial charge in [-0.25, -0.2) is 0 Å². The fourth-order valence-electron chi connectivity index (χ4n) is 1.50. The largest absolute Gasteiger partial charge is 0.352 e. The maximum atomic E-state index is 11.7. The number of carbonyl (C=O) groups excluding carboxylic acids is 1. The molecule has 1 amide bonds. The van der Waals surface area contributed by atoms with Crippen LogP contribution in [-0.4, -0.2) is 5.91 Å². The number of hydrogen-bond acceptors (Lipinski definition) is 2. The van der Waals surface area contributed by atoms with Crippen molar-refractivity contribution in [1.82, 2.24) is 5.32 Å². The van der Waals surface area contributed by atoms with Gasteiger partial charge in [0.05, 0.1) is 10.2 Å². The molecule has 18 heavy (non-hydrogen) atoms. The summed E-state index contributed by atoms with van der Waals surface area (Å²) in [6, 6.07) is 11.4. The molecule has 0 unspecified atom stereocenters. The van der Waals surface area contributed by atoms with Crippen LogP contribution in [0.1, 0.15) is 10.4 Å². The minimum Gasteiger partial charge on any atom is -0.352 e. The van der Waals surface area contributed by atoms with Crippen molar-refractivity contribution in [3.05, 3.63) is 55.6 Å². The molecule has 0 bridgehead atoms. The van der Waals surface area contributed by atoms with Crippen molar-refractivity contribution < 1.29 is 4.79 Å². The summed E-state index contributed by atoms with van der Waals surface area (Å²) in [6.07, 6.45) is 0.403. The van der Waals surface area contributed by atoms with Gasteiger partial charge < -0.3 is 5.32 Å². The fourth-order valence-corrected chi connectivity index (χ4v) is 3.19. The zero-order valence-electron chi connectivity index (χ0n) is 9.45. The van der Waals surface area contributed by atoms with Crippen LogP contribution in [0.25, 0.3) is 0 Å². The highest BCUT2D eigenvalue weighted by Crippen LogP contribution is 2.22. The van der Waals surface area contributed by atoms with Crippen LogP contribution in [0, 0.1) is 0 Å². The predicted molar refractivity (Wildman–Crippen MR) is 79.0 cm³/mol. The van der Waals surface area contributed by atoms with E-state index < -0.39 is 0 Å². The second-order valence-corrected chi connectivity index (χ2v) is 6.71. The summed E-state index contributed by atoms with van der Waals surface area (Å²) < 4.78 is 1.04. The van der Waals surface area contributed by atoms with Crippen LogP contribution in [0.15, 0.2) is 40.2 Å². The molecule has 0 saturated heterocycles. The average molecular weight is 345 g/mol. The summed E-state index contributed by atoms with van der Waals surface area (Å²) in [4.78, 5) is 12.8. The first-order chi connectivity index (χ1) is 8.65. The Kier molecular flexibility index (Phi) is 4.80. The van der Waals surface area contributed by atoms with Crippen molar-refractivity contribution in [2.75, 3.05) is 0 Å². The van der Waals surface area contributed by atoms with Crippen LogP contribution >= 0.6 is 38.9 Å². The van der Waals surface area contributed by atoms with Crippen LogP contribution in [0.2, 0.25) is 5.02 Å². The molecule has 1 N–H and O–H groups in total. The topological polar surface area (TPSA) is 29.1 Å². The summed E-state index contributed by atoms with van der Waals surface area (Å²) in [5.74, 6) is 0.00395. The molecule has 0 saturated carbocycles. The van der Waals surface area contributed by atoms with E-state index in [4.69, 9.17) is 11.6 Å². The lowest BCUT2D eigenvalue weighted by Crippen LogP contribution is -2.24. The van der Waals surface area contributed by atoms with E-state index in [-0.39, 0.29) is 5.91 Å². The molecule has 2 rings (SSSR count). The van der Waals surface area contributed by atoms with E-state index in [1.54, 1.807) is 11.3 Å². The molecule has 5 heteroatoms. The molecular formula is C13H11BrClNOS. The predicted octanol–water partition coefficient (Wildman–Crippen LogP) is 4.02. The minimum atomic E-state index is 0.00395. The Labute approximate surface area is 123 Å².